The van der Waals surface area contributed by atoms with Gasteiger partial charge in [0, 0.05) is 13.1 Å². The SMILES string of the molecule is CCN1CCc2c(c3cc(OC)c(OC)cc3c3cc(OC)ccc23)C1. The van der Waals surface area contributed by atoms with Gasteiger partial charge in [-0.05, 0) is 69.9 Å². The lowest BCUT2D eigenvalue weighted by molar-refractivity contribution is 0.270. The van der Waals surface area contributed by atoms with Crippen LogP contribution in [0.15, 0.2) is 30.3 Å². The van der Waals surface area contributed by atoms with Gasteiger partial charge in [-0.15, -0.1) is 0 Å². The summed E-state index contributed by atoms with van der Waals surface area (Å²) < 4.78 is 16.6. The normalized spacial score (nSPS) is 14.5. The van der Waals surface area contributed by atoms with E-state index in [9.17, 15) is 0 Å². The lowest BCUT2D eigenvalue weighted by Crippen LogP contribution is -2.30. The van der Waals surface area contributed by atoms with Crippen LogP contribution >= 0.6 is 0 Å². The summed E-state index contributed by atoms with van der Waals surface area (Å²) in [6.07, 6.45) is 1.07. The van der Waals surface area contributed by atoms with Crippen molar-refractivity contribution in [3.05, 3.63) is 41.5 Å². The second-order valence-electron chi connectivity index (χ2n) is 6.74. The lowest BCUT2D eigenvalue weighted by atomic mass is 9.87. The Morgan fingerprint density at radius 1 is 0.808 bits per heavy atom. The fraction of sp³-hybridized carbons (Fsp3) is 0.364. The molecule has 0 spiro atoms. The van der Waals surface area contributed by atoms with E-state index in [-0.39, 0.29) is 0 Å². The Hall–Kier alpha value is -2.46. The van der Waals surface area contributed by atoms with E-state index < -0.39 is 0 Å². The van der Waals surface area contributed by atoms with Crippen LogP contribution in [0.2, 0.25) is 0 Å². The number of likely N-dealkylation sites (N-methyl/N-ethyl adjacent to an activating group) is 1. The van der Waals surface area contributed by atoms with E-state index in [1.807, 2.05) is 0 Å². The first-order valence-corrected chi connectivity index (χ1v) is 9.09. The van der Waals surface area contributed by atoms with Crippen LogP contribution in [-0.4, -0.2) is 39.3 Å². The van der Waals surface area contributed by atoms with Gasteiger partial charge in [0.15, 0.2) is 11.5 Å². The molecule has 1 aliphatic rings. The molecule has 0 saturated carbocycles. The van der Waals surface area contributed by atoms with Crippen molar-refractivity contribution < 1.29 is 14.2 Å². The van der Waals surface area contributed by atoms with Crippen LogP contribution in [-0.2, 0) is 13.0 Å². The summed E-state index contributed by atoms with van der Waals surface area (Å²) in [6.45, 7) is 5.36. The Morgan fingerprint density at radius 3 is 2.15 bits per heavy atom. The number of hydrogen-bond acceptors (Lipinski definition) is 4. The Morgan fingerprint density at radius 2 is 1.50 bits per heavy atom. The van der Waals surface area contributed by atoms with Crippen LogP contribution in [0.3, 0.4) is 0 Å². The van der Waals surface area contributed by atoms with Crippen molar-refractivity contribution >= 4 is 21.5 Å². The first-order chi connectivity index (χ1) is 12.7. The number of rotatable bonds is 4. The maximum Gasteiger partial charge on any atom is 0.161 e. The lowest BCUT2D eigenvalue weighted by Gasteiger charge is -2.30. The summed E-state index contributed by atoms with van der Waals surface area (Å²) in [5.41, 5.74) is 2.86. The predicted octanol–water partition coefficient (Wildman–Crippen LogP) is 4.40. The minimum absolute atomic E-state index is 0.757. The summed E-state index contributed by atoms with van der Waals surface area (Å²) in [6, 6.07) is 10.6. The quantitative estimate of drug-likeness (QED) is 0.652. The van der Waals surface area contributed by atoms with E-state index in [1.165, 1.54) is 32.7 Å². The molecule has 0 aromatic heterocycles. The molecule has 1 heterocycles. The van der Waals surface area contributed by atoms with Gasteiger partial charge < -0.3 is 14.2 Å². The van der Waals surface area contributed by atoms with Crippen molar-refractivity contribution in [2.75, 3.05) is 34.4 Å². The number of benzene rings is 3. The van der Waals surface area contributed by atoms with Crippen molar-refractivity contribution in [1.29, 1.82) is 0 Å². The first-order valence-electron chi connectivity index (χ1n) is 9.09. The largest absolute Gasteiger partial charge is 0.497 e. The number of nitrogens with zero attached hydrogens (tertiary/aromatic N) is 1. The summed E-state index contributed by atoms with van der Waals surface area (Å²) in [5, 5.41) is 4.96. The van der Waals surface area contributed by atoms with Gasteiger partial charge in [0.05, 0.1) is 21.3 Å². The Labute approximate surface area is 154 Å². The summed E-state index contributed by atoms with van der Waals surface area (Å²) in [7, 11) is 5.09. The van der Waals surface area contributed by atoms with Crippen molar-refractivity contribution in [2.45, 2.75) is 19.9 Å². The van der Waals surface area contributed by atoms with Gasteiger partial charge >= 0.3 is 0 Å². The molecule has 0 bridgehead atoms. The molecule has 26 heavy (non-hydrogen) atoms. The molecular formula is C22H25NO3. The molecule has 0 saturated heterocycles. The zero-order valence-electron chi connectivity index (χ0n) is 15.9. The third-order valence-corrected chi connectivity index (χ3v) is 5.56. The standard InChI is InChI=1S/C22H25NO3/c1-5-23-9-8-16-15-7-6-14(24-2)10-17(15)18-11-21(25-3)22(26-4)12-19(18)20(16)13-23/h6-7,10-12H,5,8-9,13H2,1-4H3. The highest BCUT2D eigenvalue weighted by Gasteiger charge is 2.22. The smallest absolute Gasteiger partial charge is 0.161 e. The molecule has 4 rings (SSSR count). The number of methoxy groups -OCH3 is 3. The molecule has 0 unspecified atom stereocenters. The summed E-state index contributed by atoms with van der Waals surface area (Å²) in [4.78, 5) is 2.49. The maximum absolute atomic E-state index is 5.58. The maximum atomic E-state index is 5.58. The van der Waals surface area contributed by atoms with Crippen LogP contribution in [0.1, 0.15) is 18.1 Å². The minimum Gasteiger partial charge on any atom is -0.497 e. The monoisotopic (exact) mass is 351 g/mol. The number of fused-ring (bicyclic) bond motifs is 6. The van der Waals surface area contributed by atoms with Crippen molar-refractivity contribution in [1.82, 2.24) is 4.90 Å². The molecule has 0 aliphatic carbocycles. The second-order valence-corrected chi connectivity index (χ2v) is 6.74. The molecular weight excluding hydrogens is 326 g/mol. The van der Waals surface area contributed by atoms with Crippen LogP contribution < -0.4 is 14.2 Å². The number of hydrogen-bond donors (Lipinski definition) is 0. The van der Waals surface area contributed by atoms with Crippen LogP contribution in [0.5, 0.6) is 17.2 Å². The summed E-state index contributed by atoms with van der Waals surface area (Å²) in [5.74, 6) is 2.41. The highest BCUT2D eigenvalue weighted by Crippen LogP contribution is 2.42. The van der Waals surface area contributed by atoms with Gasteiger partial charge in [0.1, 0.15) is 5.75 Å². The van der Waals surface area contributed by atoms with Crippen molar-refractivity contribution in [3.63, 3.8) is 0 Å². The van der Waals surface area contributed by atoms with Gasteiger partial charge in [0.25, 0.3) is 0 Å². The van der Waals surface area contributed by atoms with Gasteiger partial charge in [0.2, 0.25) is 0 Å². The zero-order chi connectivity index (χ0) is 18.3. The van der Waals surface area contributed by atoms with E-state index in [0.29, 0.717) is 0 Å². The second kappa shape index (κ2) is 6.69. The van der Waals surface area contributed by atoms with Crippen LogP contribution in [0.4, 0.5) is 0 Å². The molecule has 0 radical (unpaired) electrons. The van der Waals surface area contributed by atoms with Crippen LogP contribution in [0, 0.1) is 0 Å². The van der Waals surface area contributed by atoms with Gasteiger partial charge in [-0.25, -0.2) is 0 Å². The Bertz CT molecular complexity index is 980. The van der Waals surface area contributed by atoms with E-state index in [4.69, 9.17) is 14.2 Å². The molecule has 4 heteroatoms. The fourth-order valence-electron chi connectivity index (χ4n) is 4.12. The molecule has 0 N–H and O–H groups in total. The molecule has 136 valence electrons. The zero-order valence-corrected chi connectivity index (χ0v) is 15.9. The predicted molar refractivity (Wildman–Crippen MR) is 106 cm³/mol. The molecule has 3 aromatic carbocycles. The van der Waals surface area contributed by atoms with E-state index >= 15 is 0 Å². The Kier molecular flexibility index (Phi) is 4.37. The topological polar surface area (TPSA) is 30.9 Å². The van der Waals surface area contributed by atoms with E-state index in [0.717, 1.165) is 43.3 Å². The number of ether oxygens (including phenoxy) is 3. The molecule has 3 aromatic rings. The van der Waals surface area contributed by atoms with Gasteiger partial charge in [-0.3, -0.25) is 4.90 Å². The molecule has 4 nitrogen and oxygen atoms in total. The molecule has 0 amide bonds. The summed E-state index contributed by atoms with van der Waals surface area (Å²) >= 11 is 0. The highest BCUT2D eigenvalue weighted by atomic mass is 16.5. The third-order valence-electron chi connectivity index (χ3n) is 5.56. The van der Waals surface area contributed by atoms with Crippen molar-refractivity contribution in [2.24, 2.45) is 0 Å². The average Bonchev–Trinajstić information content (AvgIpc) is 2.71. The van der Waals surface area contributed by atoms with Crippen LogP contribution in [0.25, 0.3) is 21.5 Å². The first kappa shape index (κ1) is 17.0. The molecule has 0 atom stereocenters. The fourth-order valence-corrected chi connectivity index (χ4v) is 4.12. The molecule has 0 fully saturated rings. The van der Waals surface area contributed by atoms with Gasteiger partial charge in [-0.1, -0.05) is 13.0 Å². The Balaban J connectivity index is 2.12. The highest BCUT2D eigenvalue weighted by molar-refractivity contribution is 6.12. The molecule has 1 aliphatic heterocycles. The third kappa shape index (κ3) is 2.56. The van der Waals surface area contributed by atoms with E-state index in [1.54, 1.807) is 21.3 Å². The minimum atomic E-state index is 0.757. The van der Waals surface area contributed by atoms with Crippen molar-refractivity contribution in [3.8, 4) is 17.2 Å². The van der Waals surface area contributed by atoms with Gasteiger partial charge in [-0.2, -0.15) is 0 Å². The average molecular weight is 351 g/mol. The van der Waals surface area contributed by atoms with E-state index in [2.05, 4.69) is 42.2 Å².